The number of aromatic nitrogens is 5. The molecule has 0 atom stereocenters. The Kier molecular flexibility index (Phi) is 5.10. The molecule has 182 valence electrons. The molecule has 10 nitrogen and oxygen atoms in total. The molecule has 6 rings (SSSR count). The number of rotatable bonds is 4. The highest BCUT2D eigenvalue weighted by Crippen LogP contribution is 2.28. The van der Waals surface area contributed by atoms with Gasteiger partial charge < -0.3 is 9.32 Å². The number of imidazole rings is 1. The van der Waals surface area contributed by atoms with E-state index in [9.17, 15) is 14.4 Å². The first-order valence-electron chi connectivity index (χ1n) is 11.8. The summed E-state index contributed by atoms with van der Waals surface area (Å²) in [5.41, 5.74) is 4.10. The molecule has 0 unspecified atom stereocenters. The molecule has 0 amide bonds. The summed E-state index contributed by atoms with van der Waals surface area (Å²) in [6.45, 7) is 3.26. The van der Waals surface area contributed by atoms with Gasteiger partial charge in [-0.15, -0.1) is 0 Å². The zero-order valence-electron chi connectivity index (χ0n) is 19.9. The molecule has 1 N–H and O–H groups in total. The van der Waals surface area contributed by atoms with Gasteiger partial charge >= 0.3 is 11.4 Å². The number of H-pyrrole nitrogens is 1. The highest BCUT2D eigenvalue weighted by molar-refractivity contribution is 6.10. The van der Waals surface area contributed by atoms with Crippen LogP contribution >= 0.6 is 0 Å². The molecule has 0 aliphatic carbocycles. The third kappa shape index (κ3) is 3.53. The molecule has 1 aliphatic rings. The Morgan fingerprint density at radius 1 is 1.06 bits per heavy atom. The summed E-state index contributed by atoms with van der Waals surface area (Å²) >= 11 is 0. The molecule has 1 aromatic carbocycles. The molecule has 1 fully saturated rings. The van der Waals surface area contributed by atoms with Crippen LogP contribution in [0.25, 0.3) is 22.3 Å². The van der Waals surface area contributed by atoms with Crippen molar-refractivity contribution in [1.82, 2.24) is 24.1 Å². The van der Waals surface area contributed by atoms with Crippen LogP contribution in [0.1, 0.15) is 40.4 Å². The molecule has 0 bridgehead atoms. The lowest BCUT2D eigenvalue weighted by atomic mass is 10.0. The number of pyridine rings is 2. The second kappa shape index (κ2) is 8.33. The van der Waals surface area contributed by atoms with Crippen LogP contribution in [0.5, 0.6) is 0 Å². The van der Waals surface area contributed by atoms with E-state index in [-0.39, 0.29) is 17.5 Å². The zero-order chi connectivity index (χ0) is 25.0. The monoisotopic (exact) mass is 484 g/mol. The maximum Gasteiger partial charge on any atom is 0.419 e. The Bertz CT molecular complexity index is 1750. The molecule has 0 radical (unpaired) electrons. The van der Waals surface area contributed by atoms with Crippen LogP contribution in [-0.2, 0) is 7.05 Å². The fourth-order valence-electron chi connectivity index (χ4n) is 5.21. The van der Waals surface area contributed by atoms with Crippen molar-refractivity contribution in [3.63, 3.8) is 0 Å². The second-order valence-corrected chi connectivity index (χ2v) is 9.19. The van der Waals surface area contributed by atoms with Crippen molar-refractivity contribution < 1.29 is 9.21 Å². The smallest absolute Gasteiger partial charge is 0.408 e. The summed E-state index contributed by atoms with van der Waals surface area (Å²) in [4.78, 5) is 51.5. The Balaban J connectivity index is 1.23. The number of aryl methyl sites for hydroxylation is 2. The van der Waals surface area contributed by atoms with Crippen molar-refractivity contribution >= 4 is 33.9 Å². The lowest BCUT2D eigenvalue weighted by molar-refractivity contribution is 0.103. The summed E-state index contributed by atoms with van der Waals surface area (Å²) in [6.07, 6.45) is 4.84. The van der Waals surface area contributed by atoms with Gasteiger partial charge in [-0.25, -0.2) is 19.6 Å². The van der Waals surface area contributed by atoms with E-state index < -0.39 is 5.76 Å². The number of anilines is 1. The van der Waals surface area contributed by atoms with Gasteiger partial charge in [-0.2, -0.15) is 0 Å². The van der Waals surface area contributed by atoms with Crippen LogP contribution in [0.15, 0.2) is 62.8 Å². The van der Waals surface area contributed by atoms with Gasteiger partial charge in [0.25, 0.3) is 0 Å². The largest absolute Gasteiger partial charge is 0.419 e. The normalized spacial score (nSPS) is 14.7. The van der Waals surface area contributed by atoms with Gasteiger partial charge in [-0.05, 0) is 61.7 Å². The minimum Gasteiger partial charge on any atom is -0.408 e. The topological polar surface area (TPSA) is 119 Å². The average molecular weight is 485 g/mol. The van der Waals surface area contributed by atoms with E-state index in [0.29, 0.717) is 41.0 Å². The Labute approximate surface area is 204 Å². The number of piperidine rings is 1. The van der Waals surface area contributed by atoms with Crippen molar-refractivity contribution in [3.05, 3.63) is 86.5 Å². The molecule has 5 heterocycles. The van der Waals surface area contributed by atoms with Crippen LogP contribution in [0, 0.1) is 6.92 Å². The minimum absolute atomic E-state index is 0.0618. The summed E-state index contributed by atoms with van der Waals surface area (Å²) < 4.78 is 8.54. The van der Waals surface area contributed by atoms with Crippen LogP contribution in [0.3, 0.4) is 0 Å². The Morgan fingerprint density at radius 3 is 2.67 bits per heavy atom. The Morgan fingerprint density at radius 2 is 1.86 bits per heavy atom. The number of hydrogen-bond acceptors (Lipinski definition) is 7. The predicted molar refractivity (Wildman–Crippen MR) is 135 cm³/mol. The van der Waals surface area contributed by atoms with Crippen molar-refractivity contribution in [2.24, 2.45) is 7.05 Å². The van der Waals surface area contributed by atoms with Crippen LogP contribution < -0.4 is 16.3 Å². The molecule has 0 saturated carbocycles. The first-order valence-corrected chi connectivity index (χ1v) is 11.8. The number of hydrogen-bond donors (Lipinski definition) is 1. The minimum atomic E-state index is -0.460. The van der Waals surface area contributed by atoms with Gasteiger partial charge in [0.1, 0.15) is 5.82 Å². The molecule has 10 heteroatoms. The second-order valence-electron chi connectivity index (χ2n) is 9.19. The fraction of sp³-hybridized carbons (Fsp3) is 0.269. The molecule has 1 saturated heterocycles. The summed E-state index contributed by atoms with van der Waals surface area (Å²) in [5.74, 6) is 0.0950. The molecule has 1 aliphatic heterocycles. The number of carbonyl (C=O) groups is 1. The molecule has 4 aromatic heterocycles. The van der Waals surface area contributed by atoms with Gasteiger partial charge in [0.2, 0.25) is 0 Å². The number of ketones is 1. The number of nitrogens with zero attached hydrogens (tertiary/aromatic N) is 5. The lowest BCUT2D eigenvalue weighted by Crippen LogP contribution is -2.37. The molecule has 0 spiro atoms. The van der Waals surface area contributed by atoms with Gasteiger partial charge in [-0.3, -0.25) is 18.9 Å². The van der Waals surface area contributed by atoms with Gasteiger partial charge in [0, 0.05) is 49.7 Å². The van der Waals surface area contributed by atoms with E-state index in [0.717, 1.165) is 29.7 Å². The lowest BCUT2D eigenvalue weighted by Gasteiger charge is -2.33. The van der Waals surface area contributed by atoms with E-state index >= 15 is 0 Å². The third-order valence-corrected chi connectivity index (χ3v) is 6.99. The number of benzene rings is 1. The number of fused-ring (bicyclic) bond motifs is 2. The van der Waals surface area contributed by atoms with E-state index in [1.807, 2.05) is 19.1 Å². The summed E-state index contributed by atoms with van der Waals surface area (Å²) in [5, 5.41) is 0. The van der Waals surface area contributed by atoms with E-state index in [1.165, 1.54) is 4.57 Å². The first-order chi connectivity index (χ1) is 17.4. The zero-order valence-corrected chi connectivity index (χ0v) is 19.9. The molecular formula is C26H24N6O4. The van der Waals surface area contributed by atoms with Gasteiger partial charge in [-0.1, -0.05) is 0 Å². The highest BCUT2D eigenvalue weighted by atomic mass is 16.4. The number of oxazole rings is 1. The first kappa shape index (κ1) is 22.0. The van der Waals surface area contributed by atoms with Crippen LogP contribution in [-0.4, -0.2) is 43.0 Å². The van der Waals surface area contributed by atoms with E-state index in [4.69, 9.17) is 4.42 Å². The van der Waals surface area contributed by atoms with E-state index in [2.05, 4.69) is 19.9 Å². The van der Waals surface area contributed by atoms with Crippen molar-refractivity contribution in [2.75, 3.05) is 18.0 Å². The quantitative estimate of drug-likeness (QED) is 0.390. The average Bonchev–Trinajstić information content (AvgIpc) is 3.38. The number of nitrogens with one attached hydrogen (secondary N) is 1. The summed E-state index contributed by atoms with van der Waals surface area (Å²) in [6, 6.07) is 10.7. The van der Waals surface area contributed by atoms with Crippen LogP contribution in [0.4, 0.5) is 5.82 Å². The van der Waals surface area contributed by atoms with Crippen molar-refractivity contribution in [1.29, 1.82) is 0 Å². The summed E-state index contributed by atoms with van der Waals surface area (Å²) in [7, 11) is 1.65. The third-order valence-electron chi connectivity index (χ3n) is 6.99. The molecule has 36 heavy (non-hydrogen) atoms. The van der Waals surface area contributed by atoms with E-state index in [1.54, 1.807) is 48.3 Å². The number of aromatic amines is 1. The van der Waals surface area contributed by atoms with Gasteiger partial charge in [0.05, 0.1) is 11.0 Å². The molecular weight excluding hydrogens is 460 g/mol. The molecule has 5 aromatic rings. The highest BCUT2D eigenvalue weighted by Gasteiger charge is 2.25. The van der Waals surface area contributed by atoms with Gasteiger partial charge in [0.15, 0.2) is 17.0 Å². The maximum absolute atomic E-state index is 13.3. The predicted octanol–water partition coefficient (Wildman–Crippen LogP) is 2.95. The maximum atomic E-state index is 13.3. The standard InChI is InChI=1S/C26H24N6O4/c1-15-12-17(13-20-22(15)30(2)26(35)36-20)23(33)16-5-9-27-21(14-16)31-10-6-18(7-11-31)32-19-4-3-8-28-24(19)29-25(32)34/h3-5,8-9,12-14,18H,6-7,10-11H2,1-2H3,(H,28,29,34). The van der Waals surface area contributed by atoms with Crippen molar-refractivity contribution in [2.45, 2.75) is 25.8 Å². The SMILES string of the molecule is Cc1cc(C(=O)c2ccnc(N3CCC(n4c(=O)[nH]c5ncccc54)CC3)c2)cc2oc(=O)n(C)c12. The Hall–Kier alpha value is -4.47. The number of carbonyl (C=O) groups excluding carboxylic acids is 1. The fourth-order valence-corrected chi connectivity index (χ4v) is 5.21. The van der Waals surface area contributed by atoms with Crippen molar-refractivity contribution in [3.8, 4) is 0 Å². The van der Waals surface area contributed by atoms with Crippen LogP contribution in [0.2, 0.25) is 0 Å².